The summed E-state index contributed by atoms with van der Waals surface area (Å²) in [5.41, 5.74) is 1.94. The van der Waals surface area contributed by atoms with Crippen molar-refractivity contribution in [2.24, 2.45) is 0 Å². The van der Waals surface area contributed by atoms with Crippen molar-refractivity contribution in [3.63, 3.8) is 0 Å². The Morgan fingerprint density at radius 3 is 2.75 bits per heavy atom. The van der Waals surface area contributed by atoms with Crippen LogP contribution in [0, 0.1) is 0 Å². The molecular weight excluding hydrogens is 426 g/mol. The quantitative estimate of drug-likeness (QED) is 0.404. The van der Waals surface area contributed by atoms with Crippen LogP contribution in [-0.4, -0.2) is 37.1 Å². The van der Waals surface area contributed by atoms with Crippen LogP contribution < -0.4 is 15.4 Å². The average molecular weight is 454 g/mol. The maximum atomic E-state index is 12.5. The van der Waals surface area contributed by atoms with Gasteiger partial charge in [0.1, 0.15) is 6.61 Å². The second-order valence-corrected chi connectivity index (χ2v) is 8.12. The Labute approximate surface area is 191 Å². The largest absolute Gasteiger partial charge is 0.475 e. The summed E-state index contributed by atoms with van der Waals surface area (Å²) in [7, 11) is 1.61. The molecule has 0 saturated heterocycles. The summed E-state index contributed by atoms with van der Waals surface area (Å²) < 4.78 is 10.4. The molecule has 7 nitrogen and oxygen atoms in total. The van der Waals surface area contributed by atoms with Crippen molar-refractivity contribution in [1.29, 1.82) is 0 Å². The van der Waals surface area contributed by atoms with Crippen LogP contribution in [-0.2, 0) is 22.5 Å². The number of aromatic nitrogens is 1. The minimum atomic E-state index is -0.223. The summed E-state index contributed by atoms with van der Waals surface area (Å²) in [4.78, 5) is 30.2. The van der Waals surface area contributed by atoms with Gasteiger partial charge in [0.2, 0.25) is 11.8 Å². The second-order valence-electron chi connectivity index (χ2n) is 7.09. The SMILES string of the molecule is COCCOc1ccc(CNC(=O)c2cccc(NC(=O)CCCc3cccs3)c2)cn1. The Bertz CT molecular complexity index is 991. The van der Waals surface area contributed by atoms with Crippen molar-refractivity contribution in [2.75, 3.05) is 25.6 Å². The van der Waals surface area contributed by atoms with Crippen LogP contribution in [0.4, 0.5) is 5.69 Å². The molecule has 2 heterocycles. The molecule has 0 unspecified atom stereocenters. The van der Waals surface area contributed by atoms with E-state index in [0.29, 0.717) is 43.3 Å². The number of aryl methyl sites for hydroxylation is 1. The van der Waals surface area contributed by atoms with E-state index in [1.54, 1.807) is 55.0 Å². The molecule has 0 radical (unpaired) electrons. The van der Waals surface area contributed by atoms with Crippen LogP contribution in [0.3, 0.4) is 0 Å². The van der Waals surface area contributed by atoms with Gasteiger partial charge in [0.15, 0.2) is 0 Å². The molecule has 2 N–H and O–H groups in total. The number of amides is 2. The Kier molecular flexibility index (Phi) is 9.21. The molecule has 3 aromatic rings. The third kappa shape index (κ3) is 7.79. The number of anilines is 1. The smallest absolute Gasteiger partial charge is 0.251 e. The van der Waals surface area contributed by atoms with Gasteiger partial charge in [-0.1, -0.05) is 18.2 Å². The van der Waals surface area contributed by atoms with Crippen molar-refractivity contribution in [2.45, 2.75) is 25.8 Å². The van der Waals surface area contributed by atoms with Crippen molar-refractivity contribution in [1.82, 2.24) is 10.3 Å². The van der Waals surface area contributed by atoms with E-state index >= 15 is 0 Å². The van der Waals surface area contributed by atoms with Crippen LogP contribution in [0.15, 0.2) is 60.1 Å². The van der Waals surface area contributed by atoms with E-state index in [1.807, 2.05) is 17.5 Å². The number of nitrogens with one attached hydrogen (secondary N) is 2. The van der Waals surface area contributed by atoms with E-state index in [4.69, 9.17) is 9.47 Å². The van der Waals surface area contributed by atoms with Crippen LogP contribution in [0.1, 0.15) is 33.6 Å². The maximum Gasteiger partial charge on any atom is 0.251 e. The molecule has 0 fully saturated rings. The standard InChI is InChI=1S/C24H27N3O4S/c1-30-12-13-31-23-11-10-18(16-25-23)17-26-24(29)19-5-2-6-20(15-19)27-22(28)9-3-7-21-8-4-14-32-21/h2,4-6,8,10-11,14-16H,3,7,9,12-13,17H2,1H3,(H,26,29)(H,27,28). The van der Waals surface area contributed by atoms with Gasteiger partial charge in [-0.25, -0.2) is 4.98 Å². The number of thiophene rings is 1. The molecule has 32 heavy (non-hydrogen) atoms. The molecule has 1 aromatic carbocycles. The molecular formula is C24H27N3O4S. The predicted molar refractivity (Wildman–Crippen MR) is 125 cm³/mol. The van der Waals surface area contributed by atoms with Gasteiger partial charge < -0.3 is 20.1 Å². The summed E-state index contributed by atoms with van der Waals surface area (Å²) in [6.07, 6.45) is 3.78. The molecule has 2 aromatic heterocycles. The fourth-order valence-corrected chi connectivity index (χ4v) is 3.71. The number of carbonyl (C=O) groups excluding carboxylic acids is 2. The number of ether oxygens (including phenoxy) is 2. The second kappa shape index (κ2) is 12.6. The zero-order chi connectivity index (χ0) is 22.6. The van der Waals surface area contributed by atoms with E-state index < -0.39 is 0 Å². The zero-order valence-electron chi connectivity index (χ0n) is 18.0. The molecule has 0 bridgehead atoms. The lowest BCUT2D eigenvalue weighted by atomic mass is 10.1. The summed E-state index contributed by atoms with van der Waals surface area (Å²) in [5, 5.41) is 7.77. The van der Waals surface area contributed by atoms with Crippen molar-refractivity contribution >= 4 is 28.8 Å². The molecule has 2 amide bonds. The van der Waals surface area contributed by atoms with E-state index in [0.717, 1.165) is 18.4 Å². The number of hydrogen-bond acceptors (Lipinski definition) is 6. The molecule has 8 heteroatoms. The normalized spacial score (nSPS) is 10.5. The van der Waals surface area contributed by atoms with Gasteiger partial charge in [-0.3, -0.25) is 9.59 Å². The average Bonchev–Trinajstić information content (AvgIpc) is 3.32. The fourth-order valence-electron chi connectivity index (χ4n) is 2.95. The Hall–Kier alpha value is -3.23. The maximum absolute atomic E-state index is 12.5. The number of benzene rings is 1. The van der Waals surface area contributed by atoms with Crippen LogP contribution >= 0.6 is 11.3 Å². The molecule has 0 aliphatic rings. The van der Waals surface area contributed by atoms with Gasteiger partial charge in [0.05, 0.1) is 6.61 Å². The third-order valence-electron chi connectivity index (χ3n) is 4.60. The number of pyridine rings is 1. The summed E-state index contributed by atoms with van der Waals surface area (Å²) in [6, 6.07) is 14.6. The highest BCUT2D eigenvalue weighted by Gasteiger charge is 2.09. The highest BCUT2D eigenvalue weighted by molar-refractivity contribution is 7.09. The van der Waals surface area contributed by atoms with Crippen LogP contribution in [0.5, 0.6) is 5.88 Å². The predicted octanol–water partition coefficient (Wildman–Crippen LogP) is 4.06. The fraction of sp³-hybridized carbons (Fsp3) is 0.292. The lowest BCUT2D eigenvalue weighted by Gasteiger charge is -2.09. The number of nitrogens with zero attached hydrogens (tertiary/aromatic N) is 1. The topological polar surface area (TPSA) is 89.5 Å². The Balaban J connectivity index is 1.44. The van der Waals surface area contributed by atoms with Crippen LogP contribution in [0.25, 0.3) is 0 Å². The zero-order valence-corrected chi connectivity index (χ0v) is 18.8. The summed E-state index contributed by atoms with van der Waals surface area (Å²) in [6.45, 7) is 1.26. The summed E-state index contributed by atoms with van der Waals surface area (Å²) in [5.74, 6) is 0.230. The first-order valence-electron chi connectivity index (χ1n) is 10.4. The van der Waals surface area contributed by atoms with E-state index in [-0.39, 0.29) is 11.8 Å². The minimum absolute atomic E-state index is 0.0574. The van der Waals surface area contributed by atoms with E-state index in [1.165, 1.54) is 4.88 Å². The van der Waals surface area contributed by atoms with Gasteiger partial charge in [0, 0.05) is 48.5 Å². The first-order chi connectivity index (χ1) is 15.6. The Morgan fingerprint density at radius 1 is 1.09 bits per heavy atom. The van der Waals surface area contributed by atoms with Crippen molar-refractivity contribution in [3.8, 4) is 5.88 Å². The number of methoxy groups -OCH3 is 1. The van der Waals surface area contributed by atoms with E-state index in [9.17, 15) is 9.59 Å². The molecule has 168 valence electrons. The summed E-state index contributed by atoms with van der Waals surface area (Å²) >= 11 is 1.70. The van der Waals surface area contributed by atoms with Gasteiger partial charge in [-0.15, -0.1) is 11.3 Å². The van der Waals surface area contributed by atoms with Gasteiger partial charge in [-0.2, -0.15) is 0 Å². The molecule has 0 spiro atoms. The third-order valence-corrected chi connectivity index (χ3v) is 5.54. The van der Waals surface area contributed by atoms with E-state index in [2.05, 4.69) is 21.7 Å². The first kappa shape index (κ1) is 23.4. The highest BCUT2D eigenvalue weighted by Crippen LogP contribution is 2.14. The van der Waals surface area contributed by atoms with Gasteiger partial charge in [-0.05, 0) is 48.1 Å². The van der Waals surface area contributed by atoms with Gasteiger partial charge in [0.25, 0.3) is 5.91 Å². The van der Waals surface area contributed by atoms with Crippen molar-refractivity contribution in [3.05, 3.63) is 76.1 Å². The van der Waals surface area contributed by atoms with Crippen LogP contribution in [0.2, 0.25) is 0 Å². The highest BCUT2D eigenvalue weighted by atomic mass is 32.1. The lowest BCUT2D eigenvalue weighted by molar-refractivity contribution is -0.116. The number of carbonyl (C=O) groups is 2. The lowest BCUT2D eigenvalue weighted by Crippen LogP contribution is -2.23. The number of hydrogen-bond donors (Lipinski definition) is 2. The number of rotatable bonds is 12. The molecule has 0 saturated carbocycles. The van der Waals surface area contributed by atoms with Gasteiger partial charge >= 0.3 is 0 Å². The molecule has 0 atom stereocenters. The first-order valence-corrected chi connectivity index (χ1v) is 11.3. The molecule has 0 aliphatic carbocycles. The minimum Gasteiger partial charge on any atom is -0.475 e. The Morgan fingerprint density at radius 2 is 2.00 bits per heavy atom. The monoisotopic (exact) mass is 453 g/mol. The van der Waals surface area contributed by atoms with Crippen molar-refractivity contribution < 1.29 is 19.1 Å². The molecule has 0 aliphatic heterocycles. The molecule has 3 rings (SSSR count).